The largest absolute Gasteiger partial charge is 0.0683 e. The third kappa shape index (κ3) is 3.60. The zero-order chi connectivity index (χ0) is 10.2. The van der Waals surface area contributed by atoms with Gasteiger partial charge >= 0.3 is 0 Å². The molecule has 0 heteroatoms. The van der Waals surface area contributed by atoms with E-state index in [1.165, 1.54) is 19.3 Å². The SMILES string of the molecule is CC.CCC(CC)(CC)C(C)C. The van der Waals surface area contributed by atoms with E-state index in [0.29, 0.717) is 5.41 Å². The Labute approximate surface area is 79.8 Å². The highest BCUT2D eigenvalue weighted by atomic mass is 14.3. The predicted molar refractivity (Wildman–Crippen MR) is 59.5 cm³/mol. The van der Waals surface area contributed by atoms with Crippen molar-refractivity contribution in [3.63, 3.8) is 0 Å². The molecular formula is C12H28. The van der Waals surface area contributed by atoms with Gasteiger partial charge in [-0.25, -0.2) is 0 Å². The fourth-order valence-electron chi connectivity index (χ4n) is 1.97. The molecule has 0 aliphatic heterocycles. The van der Waals surface area contributed by atoms with E-state index >= 15 is 0 Å². The third-order valence-electron chi connectivity index (χ3n) is 3.34. The van der Waals surface area contributed by atoms with Gasteiger partial charge < -0.3 is 0 Å². The minimum atomic E-state index is 0.625. The molecule has 0 aliphatic carbocycles. The lowest BCUT2D eigenvalue weighted by Gasteiger charge is -2.34. The monoisotopic (exact) mass is 172 g/mol. The molecule has 0 aliphatic rings. The minimum absolute atomic E-state index is 0.625. The second-order valence-electron chi connectivity index (χ2n) is 3.58. The molecule has 0 aromatic heterocycles. The van der Waals surface area contributed by atoms with Gasteiger partial charge in [0.05, 0.1) is 0 Å². The Balaban J connectivity index is 0. The fraction of sp³-hybridized carbons (Fsp3) is 1.00. The molecule has 0 bridgehead atoms. The van der Waals surface area contributed by atoms with Crippen molar-refractivity contribution in [2.45, 2.75) is 67.7 Å². The maximum atomic E-state index is 2.34. The van der Waals surface area contributed by atoms with Gasteiger partial charge in [-0.3, -0.25) is 0 Å². The molecule has 0 fully saturated rings. The van der Waals surface area contributed by atoms with Crippen LogP contribution in [0, 0.1) is 11.3 Å². The fourth-order valence-corrected chi connectivity index (χ4v) is 1.97. The highest BCUT2D eigenvalue weighted by molar-refractivity contribution is 4.77. The van der Waals surface area contributed by atoms with Crippen LogP contribution >= 0.6 is 0 Å². The zero-order valence-corrected chi connectivity index (χ0v) is 10.2. The quantitative estimate of drug-likeness (QED) is 0.566. The highest BCUT2D eigenvalue weighted by Crippen LogP contribution is 2.37. The van der Waals surface area contributed by atoms with Gasteiger partial charge in [-0.2, -0.15) is 0 Å². The molecule has 0 spiro atoms. The molecule has 0 aromatic rings. The van der Waals surface area contributed by atoms with Crippen molar-refractivity contribution in [2.75, 3.05) is 0 Å². The Hall–Kier alpha value is 0. The predicted octanol–water partition coefficient (Wildman–Crippen LogP) is 4.89. The molecule has 0 heterocycles. The molecule has 0 rings (SSSR count). The van der Waals surface area contributed by atoms with E-state index in [2.05, 4.69) is 34.6 Å². The molecule has 12 heavy (non-hydrogen) atoms. The summed E-state index contributed by atoms with van der Waals surface area (Å²) in [4.78, 5) is 0. The average molecular weight is 172 g/mol. The van der Waals surface area contributed by atoms with Crippen LogP contribution in [0.2, 0.25) is 0 Å². The van der Waals surface area contributed by atoms with E-state index in [0.717, 1.165) is 5.92 Å². The van der Waals surface area contributed by atoms with E-state index in [4.69, 9.17) is 0 Å². The first-order valence-electron chi connectivity index (χ1n) is 5.63. The van der Waals surface area contributed by atoms with Crippen LogP contribution < -0.4 is 0 Å². The molecule has 0 aromatic carbocycles. The Kier molecular flexibility index (Phi) is 9.24. The lowest BCUT2D eigenvalue weighted by molar-refractivity contribution is 0.162. The first kappa shape index (κ1) is 14.5. The second-order valence-corrected chi connectivity index (χ2v) is 3.58. The van der Waals surface area contributed by atoms with Crippen molar-refractivity contribution in [1.82, 2.24) is 0 Å². The summed E-state index contributed by atoms with van der Waals surface area (Å²) in [6.07, 6.45) is 3.99. The standard InChI is InChI=1S/C10H22.C2H6/c1-6-10(7-2,8-3)9(4)5;1-2/h9H,6-8H2,1-5H3;1-2H3. The van der Waals surface area contributed by atoms with Gasteiger partial charge in [0.25, 0.3) is 0 Å². The summed E-state index contributed by atoms with van der Waals surface area (Å²) in [5, 5.41) is 0. The molecule has 0 N–H and O–H groups in total. The van der Waals surface area contributed by atoms with E-state index in [9.17, 15) is 0 Å². The summed E-state index contributed by atoms with van der Waals surface area (Å²) in [6.45, 7) is 15.6. The lowest BCUT2D eigenvalue weighted by atomic mass is 9.71. The molecule has 76 valence electrons. The first-order chi connectivity index (χ1) is 5.63. The maximum absolute atomic E-state index is 2.34. The van der Waals surface area contributed by atoms with Crippen molar-refractivity contribution >= 4 is 0 Å². The van der Waals surface area contributed by atoms with E-state index < -0.39 is 0 Å². The van der Waals surface area contributed by atoms with Gasteiger partial charge in [-0.05, 0) is 11.3 Å². The van der Waals surface area contributed by atoms with Crippen LogP contribution in [0.1, 0.15) is 67.7 Å². The van der Waals surface area contributed by atoms with Gasteiger partial charge in [0.2, 0.25) is 0 Å². The van der Waals surface area contributed by atoms with Gasteiger partial charge in [0, 0.05) is 0 Å². The van der Waals surface area contributed by atoms with Gasteiger partial charge in [0.1, 0.15) is 0 Å². The molecule has 0 unspecified atom stereocenters. The van der Waals surface area contributed by atoms with Crippen molar-refractivity contribution in [3.8, 4) is 0 Å². The normalized spacial score (nSPS) is 11.0. The van der Waals surface area contributed by atoms with Crippen molar-refractivity contribution < 1.29 is 0 Å². The third-order valence-corrected chi connectivity index (χ3v) is 3.34. The smallest absolute Gasteiger partial charge is 0.0282 e. The van der Waals surface area contributed by atoms with Crippen LogP contribution in [0.25, 0.3) is 0 Å². The van der Waals surface area contributed by atoms with Crippen LogP contribution in [0.5, 0.6) is 0 Å². The Morgan fingerprint density at radius 3 is 1.08 bits per heavy atom. The van der Waals surface area contributed by atoms with Crippen LogP contribution in [-0.4, -0.2) is 0 Å². The maximum Gasteiger partial charge on any atom is -0.0282 e. The number of hydrogen-bond donors (Lipinski definition) is 0. The number of hydrogen-bond acceptors (Lipinski definition) is 0. The Morgan fingerprint density at radius 2 is 1.08 bits per heavy atom. The molecular weight excluding hydrogens is 144 g/mol. The minimum Gasteiger partial charge on any atom is -0.0683 e. The van der Waals surface area contributed by atoms with Crippen LogP contribution in [0.4, 0.5) is 0 Å². The average Bonchev–Trinajstić information content (AvgIpc) is 2.11. The summed E-state index contributed by atoms with van der Waals surface area (Å²) in [6, 6.07) is 0. The first-order valence-corrected chi connectivity index (χ1v) is 5.63. The Morgan fingerprint density at radius 1 is 0.833 bits per heavy atom. The lowest BCUT2D eigenvalue weighted by Crippen LogP contribution is -2.24. The van der Waals surface area contributed by atoms with Gasteiger partial charge in [0.15, 0.2) is 0 Å². The molecule has 0 saturated heterocycles. The Bertz CT molecular complexity index is 69.8. The van der Waals surface area contributed by atoms with Crippen molar-refractivity contribution in [1.29, 1.82) is 0 Å². The summed E-state index contributed by atoms with van der Waals surface area (Å²) in [5.74, 6) is 0.840. The van der Waals surface area contributed by atoms with E-state index in [1.807, 2.05) is 13.8 Å². The zero-order valence-electron chi connectivity index (χ0n) is 10.2. The van der Waals surface area contributed by atoms with Gasteiger partial charge in [-0.1, -0.05) is 67.7 Å². The van der Waals surface area contributed by atoms with Gasteiger partial charge in [-0.15, -0.1) is 0 Å². The van der Waals surface area contributed by atoms with Crippen LogP contribution in [0.3, 0.4) is 0 Å². The topological polar surface area (TPSA) is 0 Å². The highest BCUT2D eigenvalue weighted by Gasteiger charge is 2.27. The summed E-state index contributed by atoms with van der Waals surface area (Å²) in [5.41, 5.74) is 0.625. The van der Waals surface area contributed by atoms with Crippen LogP contribution in [0.15, 0.2) is 0 Å². The second kappa shape index (κ2) is 7.64. The number of rotatable bonds is 4. The summed E-state index contributed by atoms with van der Waals surface area (Å²) < 4.78 is 0. The molecule has 0 radical (unpaired) electrons. The summed E-state index contributed by atoms with van der Waals surface area (Å²) in [7, 11) is 0. The molecule has 0 nitrogen and oxygen atoms in total. The van der Waals surface area contributed by atoms with Crippen LogP contribution in [-0.2, 0) is 0 Å². The molecule has 0 atom stereocenters. The summed E-state index contributed by atoms with van der Waals surface area (Å²) >= 11 is 0. The van der Waals surface area contributed by atoms with Crippen molar-refractivity contribution in [3.05, 3.63) is 0 Å². The van der Waals surface area contributed by atoms with Crippen molar-refractivity contribution in [2.24, 2.45) is 11.3 Å². The molecule has 0 saturated carbocycles. The van der Waals surface area contributed by atoms with E-state index in [1.54, 1.807) is 0 Å². The molecule has 0 amide bonds. The van der Waals surface area contributed by atoms with E-state index in [-0.39, 0.29) is 0 Å².